The summed E-state index contributed by atoms with van der Waals surface area (Å²) in [6, 6.07) is 0. The van der Waals surface area contributed by atoms with Gasteiger partial charge in [-0.25, -0.2) is 9.97 Å². The third-order valence-corrected chi connectivity index (χ3v) is 3.18. The van der Waals surface area contributed by atoms with Gasteiger partial charge in [0, 0.05) is 37.9 Å². The predicted molar refractivity (Wildman–Crippen MR) is 87.3 cm³/mol. The molecule has 0 aliphatic carbocycles. The van der Waals surface area contributed by atoms with Crippen molar-refractivity contribution in [3.63, 3.8) is 0 Å². The van der Waals surface area contributed by atoms with Gasteiger partial charge in [0.2, 0.25) is 0 Å². The van der Waals surface area contributed by atoms with Crippen molar-refractivity contribution in [3.05, 3.63) is 48.6 Å². The molecule has 3 N–H and O–H groups in total. The molecule has 25 heavy (non-hydrogen) atoms. The largest absolute Gasteiger partial charge is 0.379 e. The van der Waals surface area contributed by atoms with Crippen LogP contribution in [0.2, 0.25) is 0 Å². The van der Waals surface area contributed by atoms with E-state index < -0.39 is 5.91 Å². The van der Waals surface area contributed by atoms with Crippen LogP contribution in [0.1, 0.15) is 21.0 Å². The molecular formula is C15H19N7O3. The van der Waals surface area contributed by atoms with Crippen molar-refractivity contribution in [2.75, 3.05) is 33.0 Å². The van der Waals surface area contributed by atoms with Gasteiger partial charge in [-0.3, -0.25) is 24.5 Å². The van der Waals surface area contributed by atoms with Crippen LogP contribution in [0.5, 0.6) is 0 Å². The minimum atomic E-state index is -0.553. The van der Waals surface area contributed by atoms with Crippen LogP contribution in [-0.4, -0.2) is 69.6 Å². The number of ether oxygens (including phenoxy) is 1. The minimum Gasteiger partial charge on any atom is -0.379 e. The van der Waals surface area contributed by atoms with Crippen LogP contribution in [-0.2, 0) is 4.74 Å². The SMILES string of the molecule is NC(=O)c1cnccn1.O=C(NCN1CCOCC1)c1cnccn1. The van der Waals surface area contributed by atoms with Crippen LogP contribution in [0.4, 0.5) is 0 Å². The molecule has 0 aromatic carbocycles. The fourth-order valence-electron chi connectivity index (χ4n) is 1.88. The van der Waals surface area contributed by atoms with Gasteiger partial charge in [-0.05, 0) is 0 Å². The maximum atomic E-state index is 11.6. The maximum absolute atomic E-state index is 11.6. The van der Waals surface area contributed by atoms with Gasteiger partial charge in [0.25, 0.3) is 11.8 Å². The molecule has 0 spiro atoms. The molecule has 0 atom stereocenters. The number of aromatic nitrogens is 4. The number of morpholine rings is 1. The summed E-state index contributed by atoms with van der Waals surface area (Å²) >= 11 is 0. The number of amides is 2. The molecule has 2 aromatic rings. The second kappa shape index (κ2) is 10.0. The number of nitrogens with one attached hydrogen (secondary N) is 1. The number of carbonyl (C=O) groups excluding carboxylic acids is 2. The molecule has 1 fully saturated rings. The topological polar surface area (TPSA) is 136 Å². The highest BCUT2D eigenvalue weighted by atomic mass is 16.5. The summed E-state index contributed by atoms with van der Waals surface area (Å²) < 4.78 is 5.21. The lowest BCUT2D eigenvalue weighted by Crippen LogP contribution is -2.43. The Labute approximate surface area is 144 Å². The van der Waals surface area contributed by atoms with Gasteiger partial charge in [-0.2, -0.15) is 0 Å². The highest BCUT2D eigenvalue weighted by Crippen LogP contribution is 1.95. The third kappa shape index (κ3) is 6.57. The summed E-state index contributed by atoms with van der Waals surface area (Å²) in [5.41, 5.74) is 5.41. The number of nitrogens with two attached hydrogens (primary N) is 1. The quantitative estimate of drug-likeness (QED) is 0.725. The molecule has 10 nitrogen and oxygen atoms in total. The number of rotatable bonds is 4. The summed E-state index contributed by atoms with van der Waals surface area (Å²) in [5, 5.41) is 2.80. The molecule has 1 aliphatic rings. The first-order chi connectivity index (χ1) is 12.2. The standard InChI is InChI=1S/C10H14N4O2.C5H5N3O/c15-10(9-7-11-1-2-12-9)13-8-14-3-5-16-6-4-14;6-5(9)4-3-7-1-2-8-4/h1-2,7H,3-6,8H2,(H,13,15);1-3H,(H2,6,9). The molecule has 10 heteroatoms. The second-order valence-corrected chi connectivity index (χ2v) is 4.94. The first-order valence-corrected chi connectivity index (χ1v) is 7.57. The Balaban J connectivity index is 0.000000212. The zero-order valence-electron chi connectivity index (χ0n) is 13.5. The Morgan fingerprint density at radius 1 is 1.04 bits per heavy atom. The second-order valence-electron chi connectivity index (χ2n) is 4.94. The highest BCUT2D eigenvalue weighted by molar-refractivity contribution is 5.91. The van der Waals surface area contributed by atoms with Gasteiger partial charge in [0.05, 0.1) is 32.3 Å². The van der Waals surface area contributed by atoms with E-state index in [-0.39, 0.29) is 11.6 Å². The molecule has 0 bridgehead atoms. The zero-order valence-corrected chi connectivity index (χ0v) is 13.5. The van der Waals surface area contributed by atoms with Crippen LogP contribution < -0.4 is 11.1 Å². The van der Waals surface area contributed by atoms with Gasteiger partial charge in [0.1, 0.15) is 11.4 Å². The molecule has 0 unspecified atom stereocenters. The summed E-state index contributed by atoms with van der Waals surface area (Å²) in [4.78, 5) is 39.1. The summed E-state index contributed by atoms with van der Waals surface area (Å²) in [6.45, 7) is 3.67. The van der Waals surface area contributed by atoms with E-state index in [2.05, 4.69) is 30.2 Å². The molecule has 2 aromatic heterocycles. The lowest BCUT2D eigenvalue weighted by Gasteiger charge is -2.26. The number of hydrogen-bond donors (Lipinski definition) is 2. The smallest absolute Gasteiger partial charge is 0.272 e. The normalized spacial score (nSPS) is 14.1. The minimum absolute atomic E-state index is 0.192. The van der Waals surface area contributed by atoms with Crippen molar-refractivity contribution in [2.45, 2.75) is 0 Å². The van der Waals surface area contributed by atoms with Crippen molar-refractivity contribution < 1.29 is 14.3 Å². The van der Waals surface area contributed by atoms with Crippen LogP contribution >= 0.6 is 0 Å². The fraction of sp³-hybridized carbons (Fsp3) is 0.333. The summed E-state index contributed by atoms with van der Waals surface area (Å²) in [5.74, 6) is -0.748. The van der Waals surface area contributed by atoms with E-state index in [0.717, 1.165) is 26.3 Å². The predicted octanol–water partition coefficient (Wildman–Crippen LogP) is -0.928. The van der Waals surface area contributed by atoms with Gasteiger partial charge in [-0.15, -0.1) is 0 Å². The lowest BCUT2D eigenvalue weighted by molar-refractivity contribution is 0.0334. The Kier molecular flexibility index (Phi) is 7.35. The number of carbonyl (C=O) groups is 2. The van der Waals surface area contributed by atoms with Gasteiger partial charge in [0.15, 0.2) is 0 Å². The molecule has 1 aliphatic heterocycles. The Bertz CT molecular complexity index is 663. The Morgan fingerprint density at radius 2 is 1.64 bits per heavy atom. The monoisotopic (exact) mass is 345 g/mol. The molecule has 132 valence electrons. The first kappa shape index (κ1) is 18.4. The van der Waals surface area contributed by atoms with Crippen LogP contribution in [0.3, 0.4) is 0 Å². The highest BCUT2D eigenvalue weighted by Gasteiger charge is 2.12. The first-order valence-electron chi connectivity index (χ1n) is 7.57. The molecule has 1 saturated heterocycles. The molecule has 3 rings (SSSR count). The van der Waals surface area contributed by atoms with E-state index in [1.807, 2.05) is 0 Å². The molecule has 2 amide bonds. The van der Waals surface area contributed by atoms with Crippen molar-refractivity contribution in [2.24, 2.45) is 5.73 Å². The van der Waals surface area contributed by atoms with Crippen molar-refractivity contribution >= 4 is 11.8 Å². The average Bonchev–Trinajstić information content (AvgIpc) is 2.69. The Morgan fingerprint density at radius 3 is 2.12 bits per heavy atom. The zero-order chi connectivity index (χ0) is 17.9. The van der Waals surface area contributed by atoms with Crippen LogP contribution in [0.15, 0.2) is 37.2 Å². The Hall–Kier alpha value is -2.98. The molecule has 3 heterocycles. The van der Waals surface area contributed by atoms with E-state index in [0.29, 0.717) is 12.4 Å². The van der Waals surface area contributed by atoms with Gasteiger partial charge >= 0.3 is 0 Å². The van der Waals surface area contributed by atoms with E-state index in [1.54, 1.807) is 6.20 Å². The van der Waals surface area contributed by atoms with E-state index >= 15 is 0 Å². The molecular weight excluding hydrogens is 326 g/mol. The van der Waals surface area contributed by atoms with Gasteiger partial charge < -0.3 is 15.8 Å². The lowest BCUT2D eigenvalue weighted by atomic mass is 10.4. The molecule has 0 radical (unpaired) electrons. The number of hydrogen-bond acceptors (Lipinski definition) is 8. The van der Waals surface area contributed by atoms with Crippen molar-refractivity contribution in [1.29, 1.82) is 0 Å². The molecule has 0 saturated carbocycles. The van der Waals surface area contributed by atoms with E-state index in [1.165, 1.54) is 31.0 Å². The number of nitrogens with zero attached hydrogens (tertiary/aromatic N) is 5. The maximum Gasteiger partial charge on any atom is 0.272 e. The summed E-state index contributed by atoms with van der Waals surface area (Å²) in [7, 11) is 0. The van der Waals surface area contributed by atoms with Crippen molar-refractivity contribution in [3.8, 4) is 0 Å². The van der Waals surface area contributed by atoms with Crippen molar-refractivity contribution in [1.82, 2.24) is 30.2 Å². The van der Waals surface area contributed by atoms with E-state index in [4.69, 9.17) is 10.5 Å². The number of primary amides is 1. The average molecular weight is 345 g/mol. The van der Waals surface area contributed by atoms with E-state index in [9.17, 15) is 9.59 Å². The fourth-order valence-corrected chi connectivity index (χ4v) is 1.88. The summed E-state index contributed by atoms with van der Waals surface area (Å²) in [6.07, 6.45) is 8.71. The van der Waals surface area contributed by atoms with Crippen LogP contribution in [0, 0.1) is 0 Å². The third-order valence-electron chi connectivity index (χ3n) is 3.18. The van der Waals surface area contributed by atoms with Crippen LogP contribution in [0.25, 0.3) is 0 Å². The van der Waals surface area contributed by atoms with Gasteiger partial charge in [-0.1, -0.05) is 0 Å².